The molecule has 0 atom stereocenters. The molecule has 1 fully saturated rings. The molecule has 6 heteroatoms. The summed E-state index contributed by atoms with van der Waals surface area (Å²) in [5, 5.41) is 3.14. The molecule has 0 spiro atoms. The topological polar surface area (TPSA) is 62.9 Å². The quantitative estimate of drug-likeness (QED) is 0.249. The third kappa shape index (κ3) is 9.73. The Hall–Kier alpha value is -0.860. The Labute approximate surface area is 175 Å². The fraction of sp³-hybridized carbons (Fsp3) is 0.650. The van der Waals surface area contributed by atoms with Gasteiger partial charge in [0.05, 0.1) is 6.54 Å². The number of nitrogens with two attached hydrogens (primary N) is 1. The molecule has 2 rings (SSSR count). The first-order valence-electron chi connectivity index (χ1n) is 9.69. The second-order valence-electron chi connectivity index (χ2n) is 6.69. The number of likely N-dealkylation sites (tertiary alicyclic amines) is 1. The molecule has 1 saturated heterocycles. The molecule has 1 aliphatic rings. The lowest BCUT2D eigenvalue weighted by Gasteiger charge is -2.20. The Morgan fingerprint density at radius 2 is 1.92 bits per heavy atom. The van der Waals surface area contributed by atoms with E-state index in [2.05, 4.69) is 39.5 Å². The maximum Gasteiger partial charge on any atom is 0.188 e. The van der Waals surface area contributed by atoms with Gasteiger partial charge >= 0.3 is 0 Å². The zero-order chi connectivity index (χ0) is 17.7. The summed E-state index contributed by atoms with van der Waals surface area (Å²) >= 11 is 0. The van der Waals surface area contributed by atoms with Gasteiger partial charge in [-0.3, -0.25) is 4.90 Å². The van der Waals surface area contributed by atoms with Crippen molar-refractivity contribution in [2.45, 2.75) is 52.1 Å². The fourth-order valence-corrected chi connectivity index (χ4v) is 3.15. The van der Waals surface area contributed by atoms with E-state index in [-0.39, 0.29) is 24.0 Å². The molecule has 0 saturated carbocycles. The van der Waals surface area contributed by atoms with Crippen LogP contribution < -0.4 is 11.1 Å². The van der Waals surface area contributed by atoms with Crippen LogP contribution in [0.3, 0.4) is 0 Å². The average molecular weight is 474 g/mol. The van der Waals surface area contributed by atoms with Gasteiger partial charge in [-0.1, -0.05) is 37.1 Å². The fourth-order valence-electron chi connectivity index (χ4n) is 3.15. The second kappa shape index (κ2) is 14.2. The molecule has 148 valence electrons. The van der Waals surface area contributed by atoms with Gasteiger partial charge < -0.3 is 15.8 Å². The molecule has 0 radical (unpaired) electrons. The summed E-state index contributed by atoms with van der Waals surface area (Å²) in [6.07, 6.45) is 6.35. The van der Waals surface area contributed by atoms with Crippen molar-refractivity contribution >= 4 is 29.9 Å². The average Bonchev–Trinajstić information content (AvgIpc) is 2.89. The van der Waals surface area contributed by atoms with Gasteiger partial charge in [-0.25, -0.2) is 4.99 Å². The Balaban J connectivity index is 0.00000338. The van der Waals surface area contributed by atoms with Gasteiger partial charge in [0.1, 0.15) is 0 Å². The number of hydrogen-bond acceptors (Lipinski definition) is 3. The second-order valence-corrected chi connectivity index (χ2v) is 6.69. The molecular formula is C20H35IN4O. The molecule has 3 N–H and O–H groups in total. The van der Waals surface area contributed by atoms with Crippen LogP contribution in [0, 0.1) is 0 Å². The molecule has 1 aromatic rings. The van der Waals surface area contributed by atoms with Gasteiger partial charge in [-0.15, -0.1) is 24.0 Å². The molecular weight excluding hydrogens is 439 g/mol. The largest absolute Gasteiger partial charge is 0.382 e. The number of rotatable bonds is 9. The summed E-state index contributed by atoms with van der Waals surface area (Å²) in [5.41, 5.74) is 8.52. The summed E-state index contributed by atoms with van der Waals surface area (Å²) in [4.78, 5) is 7.02. The monoisotopic (exact) mass is 474 g/mol. The Morgan fingerprint density at radius 3 is 2.65 bits per heavy atom. The van der Waals surface area contributed by atoms with Crippen LogP contribution in [0.2, 0.25) is 0 Å². The number of benzene rings is 1. The summed E-state index contributed by atoms with van der Waals surface area (Å²) in [6.45, 7) is 8.43. The van der Waals surface area contributed by atoms with Crippen LogP contribution in [-0.2, 0) is 17.8 Å². The van der Waals surface area contributed by atoms with Crippen LogP contribution in [0.4, 0.5) is 0 Å². The minimum Gasteiger partial charge on any atom is -0.382 e. The molecule has 0 aliphatic carbocycles. The normalized spacial score (nSPS) is 16.0. The zero-order valence-electron chi connectivity index (χ0n) is 16.1. The minimum absolute atomic E-state index is 0. The first-order chi connectivity index (χ1) is 12.3. The highest BCUT2D eigenvalue weighted by molar-refractivity contribution is 14.0. The number of aliphatic imine (C=N–C) groups is 1. The molecule has 1 aliphatic heterocycles. The number of nitrogens with zero attached hydrogens (tertiary/aromatic N) is 2. The van der Waals surface area contributed by atoms with E-state index in [0.29, 0.717) is 12.5 Å². The van der Waals surface area contributed by atoms with Crippen molar-refractivity contribution in [3.05, 3.63) is 35.4 Å². The van der Waals surface area contributed by atoms with E-state index in [1.807, 2.05) is 6.92 Å². The van der Waals surface area contributed by atoms with E-state index in [9.17, 15) is 0 Å². The van der Waals surface area contributed by atoms with Crippen molar-refractivity contribution < 1.29 is 4.74 Å². The van der Waals surface area contributed by atoms with Crippen LogP contribution in [0.15, 0.2) is 29.3 Å². The van der Waals surface area contributed by atoms with Gasteiger partial charge in [0.25, 0.3) is 0 Å². The first-order valence-corrected chi connectivity index (χ1v) is 9.69. The molecule has 1 aromatic carbocycles. The van der Waals surface area contributed by atoms with Crippen molar-refractivity contribution in [2.75, 3.05) is 32.8 Å². The number of nitrogens with one attached hydrogen (secondary N) is 1. The molecule has 5 nitrogen and oxygen atoms in total. The highest BCUT2D eigenvalue weighted by Crippen LogP contribution is 2.14. The van der Waals surface area contributed by atoms with E-state index in [4.69, 9.17) is 10.5 Å². The summed E-state index contributed by atoms with van der Waals surface area (Å²) in [6, 6.07) is 8.73. The molecule has 0 aromatic heterocycles. The van der Waals surface area contributed by atoms with Gasteiger partial charge in [-0.05, 0) is 50.4 Å². The zero-order valence-corrected chi connectivity index (χ0v) is 18.4. The lowest BCUT2D eigenvalue weighted by atomic mass is 10.1. The minimum atomic E-state index is 0. The van der Waals surface area contributed by atoms with Gasteiger partial charge in [-0.2, -0.15) is 0 Å². The van der Waals surface area contributed by atoms with Crippen LogP contribution in [0.5, 0.6) is 0 Å². The standard InChI is InChI=1S/C20H34N4O.HI/c1-2-25-14-8-11-22-20(21)23-16-18-9-7-10-19(15-18)17-24-12-5-3-4-6-13-24;/h7,9-10,15H,2-6,8,11-14,16-17H2,1H3,(H3,21,22,23);1H. The first kappa shape index (κ1) is 23.2. The van der Waals surface area contributed by atoms with E-state index >= 15 is 0 Å². The summed E-state index contributed by atoms with van der Waals surface area (Å²) in [5.74, 6) is 0.509. The van der Waals surface area contributed by atoms with Crippen molar-refractivity contribution in [3.63, 3.8) is 0 Å². The lowest BCUT2D eigenvalue weighted by molar-refractivity contribution is 0.145. The van der Waals surface area contributed by atoms with Crippen molar-refractivity contribution in [1.82, 2.24) is 10.2 Å². The lowest BCUT2D eigenvalue weighted by Crippen LogP contribution is -2.32. The highest BCUT2D eigenvalue weighted by Gasteiger charge is 2.09. The molecule has 26 heavy (non-hydrogen) atoms. The van der Waals surface area contributed by atoms with E-state index in [0.717, 1.165) is 32.7 Å². The number of guanidine groups is 1. The van der Waals surface area contributed by atoms with Gasteiger partial charge in [0, 0.05) is 26.3 Å². The predicted molar refractivity (Wildman–Crippen MR) is 120 cm³/mol. The van der Waals surface area contributed by atoms with E-state index in [1.165, 1.54) is 49.9 Å². The van der Waals surface area contributed by atoms with Crippen LogP contribution in [-0.4, -0.2) is 43.7 Å². The third-order valence-electron chi connectivity index (χ3n) is 4.50. The number of ether oxygens (including phenoxy) is 1. The van der Waals surface area contributed by atoms with Crippen LogP contribution >= 0.6 is 24.0 Å². The maximum absolute atomic E-state index is 5.93. The van der Waals surface area contributed by atoms with Crippen LogP contribution in [0.25, 0.3) is 0 Å². The summed E-state index contributed by atoms with van der Waals surface area (Å²) in [7, 11) is 0. The van der Waals surface area contributed by atoms with Crippen molar-refractivity contribution in [1.29, 1.82) is 0 Å². The Morgan fingerprint density at radius 1 is 1.19 bits per heavy atom. The SMILES string of the molecule is CCOCCCNC(N)=NCc1cccc(CN2CCCCCC2)c1.I. The molecule has 0 unspecified atom stereocenters. The maximum atomic E-state index is 5.93. The van der Waals surface area contributed by atoms with E-state index in [1.54, 1.807) is 0 Å². The van der Waals surface area contributed by atoms with Gasteiger partial charge in [0.15, 0.2) is 5.96 Å². The Kier molecular flexibility index (Phi) is 12.7. The smallest absolute Gasteiger partial charge is 0.188 e. The van der Waals surface area contributed by atoms with Crippen molar-refractivity contribution in [3.8, 4) is 0 Å². The van der Waals surface area contributed by atoms with Crippen molar-refractivity contribution in [2.24, 2.45) is 10.7 Å². The molecule has 0 bridgehead atoms. The van der Waals surface area contributed by atoms with E-state index < -0.39 is 0 Å². The summed E-state index contributed by atoms with van der Waals surface area (Å²) < 4.78 is 5.30. The Bertz CT molecular complexity index is 516. The molecule has 0 amide bonds. The third-order valence-corrected chi connectivity index (χ3v) is 4.50. The number of hydrogen-bond donors (Lipinski definition) is 2. The van der Waals surface area contributed by atoms with Crippen LogP contribution in [0.1, 0.15) is 50.2 Å². The number of halogens is 1. The van der Waals surface area contributed by atoms with Gasteiger partial charge in [0.2, 0.25) is 0 Å². The molecule has 1 heterocycles. The predicted octanol–water partition coefficient (Wildman–Crippen LogP) is 3.51. The highest BCUT2D eigenvalue weighted by atomic mass is 127.